The summed E-state index contributed by atoms with van der Waals surface area (Å²) in [6, 6.07) is 6.57. The summed E-state index contributed by atoms with van der Waals surface area (Å²) < 4.78 is 0. The lowest BCUT2D eigenvalue weighted by Gasteiger charge is -2.32. The number of carbonyl (C=O) groups is 2. The molecule has 0 bridgehead atoms. The van der Waals surface area contributed by atoms with Crippen LogP contribution in [0.2, 0.25) is 0 Å². The number of hydrogen-bond donors (Lipinski definition) is 1. The summed E-state index contributed by atoms with van der Waals surface area (Å²) in [5.74, 6) is 0.239. The number of benzene rings is 1. The van der Waals surface area contributed by atoms with Gasteiger partial charge in [-0.25, -0.2) is 0 Å². The third-order valence-corrected chi connectivity index (χ3v) is 6.17. The number of fused-ring (bicyclic) bond motifs is 1. The van der Waals surface area contributed by atoms with Crippen LogP contribution in [0, 0.1) is 0 Å². The fourth-order valence-corrected chi connectivity index (χ4v) is 4.58. The number of nitrogens with zero attached hydrogens (tertiary/aromatic N) is 2. The Labute approximate surface area is 155 Å². The first-order valence-electron chi connectivity index (χ1n) is 10.1. The van der Waals surface area contributed by atoms with E-state index in [4.69, 9.17) is 0 Å². The van der Waals surface area contributed by atoms with Gasteiger partial charge in [0.2, 0.25) is 5.91 Å². The zero-order chi connectivity index (χ0) is 17.9. The van der Waals surface area contributed by atoms with Crippen LogP contribution in [0.15, 0.2) is 18.2 Å². The second-order valence-electron chi connectivity index (χ2n) is 7.83. The lowest BCUT2D eigenvalue weighted by atomic mass is 10.0. The average Bonchev–Trinajstić information content (AvgIpc) is 3.35. The Balaban J connectivity index is 1.26. The van der Waals surface area contributed by atoms with Gasteiger partial charge in [-0.3, -0.25) is 14.5 Å². The van der Waals surface area contributed by atoms with Gasteiger partial charge < -0.3 is 10.2 Å². The summed E-state index contributed by atoms with van der Waals surface area (Å²) >= 11 is 0. The molecule has 1 aromatic carbocycles. The lowest BCUT2D eigenvalue weighted by molar-refractivity contribution is -0.130. The van der Waals surface area contributed by atoms with E-state index in [1.54, 1.807) is 0 Å². The van der Waals surface area contributed by atoms with Gasteiger partial charge in [0.25, 0.3) is 0 Å². The third kappa shape index (κ3) is 3.84. The number of aryl methyl sites for hydroxylation is 2. The molecule has 0 radical (unpaired) electrons. The summed E-state index contributed by atoms with van der Waals surface area (Å²) in [6.07, 6.45) is 5.12. The molecule has 2 heterocycles. The van der Waals surface area contributed by atoms with Gasteiger partial charge in [-0.1, -0.05) is 12.1 Å². The first-order valence-corrected chi connectivity index (χ1v) is 10.1. The van der Waals surface area contributed by atoms with Gasteiger partial charge in [0.1, 0.15) is 0 Å². The molecule has 1 unspecified atom stereocenters. The molecule has 4 rings (SSSR count). The quantitative estimate of drug-likeness (QED) is 0.816. The van der Waals surface area contributed by atoms with Gasteiger partial charge in [0.15, 0.2) is 5.78 Å². The van der Waals surface area contributed by atoms with Crippen LogP contribution in [0.5, 0.6) is 0 Å². The maximum Gasteiger partial charge on any atom is 0.223 e. The number of carbonyl (C=O) groups excluding carboxylic acids is 2. The van der Waals surface area contributed by atoms with E-state index < -0.39 is 0 Å². The topological polar surface area (TPSA) is 52.7 Å². The van der Waals surface area contributed by atoms with E-state index in [9.17, 15) is 9.59 Å². The Morgan fingerprint density at radius 3 is 2.69 bits per heavy atom. The molecule has 1 atom stereocenters. The highest BCUT2D eigenvalue weighted by molar-refractivity contribution is 5.98. The Bertz CT molecular complexity index is 682. The maximum absolute atomic E-state index is 12.5. The minimum absolute atomic E-state index is 0.103. The number of nitrogens with one attached hydrogen (secondary N) is 1. The smallest absolute Gasteiger partial charge is 0.223 e. The predicted molar refractivity (Wildman–Crippen MR) is 101 cm³/mol. The van der Waals surface area contributed by atoms with E-state index in [0.717, 1.165) is 64.1 Å². The molecule has 2 fully saturated rings. The number of Topliss-reactive ketones (excluding diaryl/α,β-unsaturated/α-hetero) is 1. The molecular formula is C21H29N3O2. The van der Waals surface area contributed by atoms with E-state index in [1.807, 2.05) is 17.0 Å². The normalized spacial score (nSPS) is 23.2. The van der Waals surface area contributed by atoms with Crippen molar-refractivity contribution >= 4 is 11.7 Å². The van der Waals surface area contributed by atoms with Crippen LogP contribution in [0.1, 0.15) is 47.2 Å². The molecular weight excluding hydrogens is 326 g/mol. The molecule has 5 nitrogen and oxygen atoms in total. The van der Waals surface area contributed by atoms with Gasteiger partial charge in [0, 0.05) is 63.7 Å². The molecule has 1 aromatic rings. The second kappa shape index (κ2) is 7.89. The predicted octanol–water partition coefficient (Wildman–Crippen LogP) is 1.64. The molecule has 1 aliphatic carbocycles. The summed E-state index contributed by atoms with van der Waals surface area (Å²) in [5.41, 5.74) is 3.48. The van der Waals surface area contributed by atoms with Crippen molar-refractivity contribution in [2.45, 2.75) is 44.6 Å². The van der Waals surface area contributed by atoms with Gasteiger partial charge in [-0.2, -0.15) is 0 Å². The first-order chi connectivity index (χ1) is 12.7. The Kier molecular flexibility index (Phi) is 5.36. The molecule has 0 saturated carbocycles. The zero-order valence-corrected chi connectivity index (χ0v) is 15.5. The Morgan fingerprint density at radius 1 is 1.04 bits per heavy atom. The highest BCUT2D eigenvalue weighted by Gasteiger charge is 2.30. The van der Waals surface area contributed by atoms with Crippen LogP contribution in [-0.4, -0.2) is 66.8 Å². The van der Waals surface area contributed by atoms with E-state index in [1.165, 1.54) is 17.5 Å². The second-order valence-corrected chi connectivity index (χ2v) is 7.83. The van der Waals surface area contributed by atoms with Gasteiger partial charge in [-0.15, -0.1) is 0 Å². The van der Waals surface area contributed by atoms with E-state index >= 15 is 0 Å². The average molecular weight is 355 g/mol. The Hall–Kier alpha value is -1.72. The molecule has 2 saturated heterocycles. The van der Waals surface area contributed by atoms with Crippen LogP contribution in [-0.2, 0) is 17.6 Å². The van der Waals surface area contributed by atoms with Gasteiger partial charge >= 0.3 is 0 Å². The SMILES string of the molecule is O=C(CCC(=O)N1CCC(N2CCNCC2)C1)c1ccc2c(c1)CCC2. The van der Waals surface area contributed by atoms with Crippen molar-refractivity contribution in [2.75, 3.05) is 39.3 Å². The summed E-state index contributed by atoms with van der Waals surface area (Å²) in [6.45, 7) is 5.89. The number of ketones is 1. The highest BCUT2D eigenvalue weighted by Crippen LogP contribution is 2.24. The number of likely N-dealkylation sites (tertiary alicyclic amines) is 1. The highest BCUT2D eigenvalue weighted by atomic mass is 16.2. The zero-order valence-electron chi connectivity index (χ0n) is 15.5. The van der Waals surface area contributed by atoms with Crippen LogP contribution < -0.4 is 5.32 Å². The summed E-state index contributed by atoms with van der Waals surface area (Å²) in [7, 11) is 0. The van der Waals surface area contributed by atoms with E-state index in [2.05, 4.69) is 16.3 Å². The van der Waals surface area contributed by atoms with Gasteiger partial charge in [0.05, 0.1) is 0 Å². The number of hydrogen-bond acceptors (Lipinski definition) is 4. The van der Waals surface area contributed by atoms with Crippen molar-refractivity contribution in [1.82, 2.24) is 15.1 Å². The van der Waals surface area contributed by atoms with Crippen molar-refractivity contribution < 1.29 is 9.59 Å². The molecule has 2 aliphatic heterocycles. The largest absolute Gasteiger partial charge is 0.341 e. The molecule has 5 heteroatoms. The molecule has 0 spiro atoms. The van der Waals surface area contributed by atoms with Crippen LogP contribution in [0.3, 0.4) is 0 Å². The van der Waals surface area contributed by atoms with Crippen molar-refractivity contribution in [1.29, 1.82) is 0 Å². The van der Waals surface area contributed by atoms with E-state index in [-0.39, 0.29) is 11.7 Å². The van der Waals surface area contributed by atoms with Crippen LogP contribution in [0.4, 0.5) is 0 Å². The molecule has 140 valence electrons. The van der Waals surface area contributed by atoms with Crippen molar-refractivity contribution in [3.63, 3.8) is 0 Å². The lowest BCUT2D eigenvalue weighted by Crippen LogP contribution is -2.49. The van der Waals surface area contributed by atoms with Crippen molar-refractivity contribution in [2.24, 2.45) is 0 Å². The van der Waals surface area contributed by atoms with Crippen LogP contribution >= 0.6 is 0 Å². The molecule has 3 aliphatic rings. The minimum Gasteiger partial charge on any atom is -0.341 e. The molecule has 0 aromatic heterocycles. The fraction of sp³-hybridized carbons (Fsp3) is 0.619. The number of rotatable bonds is 5. The maximum atomic E-state index is 12.5. The third-order valence-electron chi connectivity index (χ3n) is 6.17. The fourth-order valence-electron chi connectivity index (χ4n) is 4.58. The van der Waals surface area contributed by atoms with Crippen molar-refractivity contribution in [3.8, 4) is 0 Å². The molecule has 1 N–H and O–H groups in total. The van der Waals surface area contributed by atoms with E-state index in [0.29, 0.717) is 18.9 Å². The Morgan fingerprint density at radius 2 is 1.85 bits per heavy atom. The monoisotopic (exact) mass is 355 g/mol. The first kappa shape index (κ1) is 17.7. The summed E-state index contributed by atoms with van der Waals surface area (Å²) in [4.78, 5) is 29.5. The molecule has 26 heavy (non-hydrogen) atoms. The minimum atomic E-state index is 0.103. The van der Waals surface area contributed by atoms with Gasteiger partial charge in [-0.05, 0) is 42.9 Å². The number of amides is 1. The van der Waals surface area contributed by atoms with Crippen molar-refractivity contribution in [3.05, 3.63) is 34.9 Å². The number of piperazine rings is 1. The standard InChI is InChI=1S/C21H29N3O2/c25-20(18-5-4-16-2-1-3-17(16)14-18)6-7-21(26)24-11-8-19(15-24)23-12-9-22-10-13-23/h4-5,14,19,22H,1-3,6-13,15H2. The molecule has 1 amide bonds. The summed E-state index contributed by atoms with van der Waals surface area (Å²) in [5, 5.41) is 3.38. The van der Waals surface area contributed by atoms with Crippen LogP contribution in [0.25, 0.3) is 0 Å².